The summed E-state index contributed by atoms with van der Waals surface area (Å²) in [5.41, 5.74) is -0.00729. The first-order valence-corrected chi connectivity index (χ1v) is 5.05. The molecule has 0 aromatic carbocycles. The molecule has 2 N–H and O–H groups in total. The highest BCUT2D eigenvalue weighted by Crippen LogP contribution is 2.04. The van der Waals surface area contributed by atoms with Gasteiger partial charge in [-0.1, -0.05) is 0 Å². The van der Waals surface area contributed by atoms with Gasteiger partial charge in [-0.2, -0.15) is 0 Å². The van der Waals surface area contributed by atoms with E-state index in [-0.39, 0.29) is 5.60 Å². The van der Waals surface area contributed by atoms with Crippen molar-refractivity contribution in [2.45, 2.75) is 32.8 Å². The summed E-state index contributed by atoms with van der Waals surface area (Å²) in [7, 11) is 1.97. The first-order chi connectivity index (χ1) is 6.06. The minimum Gasteiger partial charge on any atom is -0.375 e. The van der Waals surface area contributed by atoms with Crippen LogP contribution in [0.3, 0.4) is 0 Å². The average Bonchev–Trinajstić information content (AvgIpc) is 2.01. The SMILES string of the molecule is CNCCCNCCOC(C)(C)C. The van der Waals surface area contributed by atoms with E-state index in [9.17, 15) is 0 Å². The van der Waals surface area contributed by atoms with Gasteiger partial charge in [0, 0.05) is 6.54 Å². The summed E-state index contributed by atoms with van der Waals surface area (Å²) in [5.74, 6) is 0. The number of nitrogens with one attached hydrogen (secondary N) is 2. The molecule has 80 valence electrons. The fraction of sp³-hybridized carbons (Fsp3) is 1.00. The summed E-state index contributed by atoms with van der Waals surface area (Å²) < 4.78 is 5.56. The topological polar surface area (TPSA) is 33.3 Å². The van der Waals surface area contributed by atoms with Gasteiger partial charge in [0.05, 0.1) is 12.2 Å². The Kier molecular flexibility index (Phi) is 7.23. The Bertz CT molecular complexity index is 110. The Morgan fingerprint density at radius 3 is 2.31 bits per heavy atom. The third-order valence-corrected chi connectivity index (χ3v) is 1.59. The maximum absolute atomic E-state index is 5.56. The molecular weight excluding hydrogens is 164 g/mol. The Hall–Kier alpha value is -0.120. The lowest BCUT2D eigenvalue weighted by molar-refractivity contribution is -0.000743. The largest absolute Gasteiger partial charge is 0.375 e. The summed E-state index contributed by atoms with van der Waals surface area (Å²) in [6.45, 7) is 10.1. The molecule has 0 fully saturated rings. The van der Waals surface area contributed by atoms with Gasteiger partial charge in [0.2, 0.25) is 0 Å². The lowest BCUT2D eigenvalue weighted by atomic mass is 10.2. The molecule has 0 atom stereocenters. The van der Waals surface area contributed by atoms with Crippen molar-refractivity contribution in [3.8, 4) is 0 Å². The third kappa shape index (κ3) is 11.9. The van der Waals surface area contributed by atoms with Gasteiger partial charge in [-0.25, -0.2) is 0 Å². The van der Waals surface area contributed by atoms with Crippen molar-refractivity contribution in [3.63, 3.8) is 0 Å². The molecular formula is C10H24N2O. The molecule has 0 aromatic rings. The molecule has 3 heteroatoms. The van der Waals surface area contributed by atoms with E-state index in [1.165, 1.54) is 6.42 Å². The second kappa shape index (κ2) is 7.30. The second-order valence-electron chi connectivity index (χ2n) is 4.17. The van der Waals surface area contributed by atoms with Crippen molar-refractivity contribution in [1.29, 1.82) is 0 Å². The molecule has 0 unspecified atom stereocenters. The Labute approximate surface area is 82.2 Å². The van der Waals surface area contributed by atoms with Crippen LogP contribution < -0.4 is 10.6 Å². The van der Waals surface area contributed by atoms with E-state index >= 15 is 0 Å². The van der Waals surface area contributed by atoms with Gasteiger partial charge >= 0.3 is 0 Å². The fourth-order valence-corrected chi connectivity index (χ4v) is 0.945. The van der Waals surface area contributed by atoms with Crippen molar-refractivity contribution in [2.75, 3.05) is 33.3 Å². The molecule has 0 radical (unpaired) electrons. The maximum Gasteiger partial charge on any atom is 0.0599 e. The van der Waals surface area contributed by atoms with E-state index in [2.05, 4.69) is 31.4 Å². The molecule has 0 aliphatic heterocycles. The smallest absolute Gasteiger partial charge is 0.0599 e. The van der Waals surface area contributed by atoms with E-state index in [0.717, 1.165) is 26.2 Å². The molecule has 0 rings (SSSR count). The quantitative estimate of drug-likeness (QED) is 0.585. The monoisotopic (exact) mass is 188 g/mol. The van der Waals surface area contributed by atoms with Crippen LogP contribution in [-0.4, -0.2) is 38.9 Å². The second-order valence-corrected chi connectivity index (χ2v) is 4.17. The van der Waals surface area contributed by atoms with Crippen LogP contribution >= 0.6 is 0 Å². The number of rotatable bonds is 7. The van der Waals surface area contributed by atoms with Gasteiger partial charge in [0.15, 0.2) is 0 Å². The molecule has 0 saturated carbocycles. The van der Waals surface area contributed by atoms with Gasteiger partial charge in [0.25, 0.3) is 0 Å². The molecule has 0 heterocycles. The standard InChI is InChI=1S/C10H24N2O/c1-10(2,3)13-9-8-12-7-5-6-11-4/h11-12H,5-9H2,1-4H3. The summed E-state index contributed by atoms with van der Waals surface area (Å²) in [4.78, 5) is 0. The molecule has 0 saturated heterocycles. The van der Waals surface area contributed by atoms with E-state index in [0.29, 0.717) is 0 Å². The normalized spacial score (nSPS) is 12.0. The van der Waals surface area contributed by atoms with Crippen LogP contribution in [0.4, 0.5) is 0 Å². The van der Waals surface area contributed by atoms with Crippen molar-refractivity contribution < 1.29 is 4.74 Å². The zero-order valence-corrected chi connectivity index (χ0v) is 9.44. The predicted molar refractivity (Wildman–Crippen MR) is 57.1 cm³/mol. The predicted octanol–water partition coefficient (Wildman–Crippen LogP) is 1.00. The van der Waals surface area contributed by atoms with Gasteiger partial charge in [-0.05, 0) is 47.3 Å². The fourth-order valence-electron chi connectivity index (χ4n) is 0.945. The highest BCUT2D eigenvalue weighted by molar-refractivity contribution is 4.59. The Balaban J connectivity index is 3.00. The summed E-state index contributed by atoms with van der Waals surface area (Å²) in [6, 6.07) is 0. The summed E-state index contributed by atoms with van der Waals surface area (Å²) in [5, 5.41) is 6.44. The van der Waals surface area contributed by atoms with E-state index in [4.69, 9.17) is 4.74 Å². The third-order valence-electron chi connectivity index (χ3n) is 1.59. The van der Waals surface area contributed by atoms with Crippen LogP contribution in [0.25, 0.3) is 0 Å². The van der Waals surface area contributed by atoms with Crippen LogP contribution in [0.5, 0.6) is 0 Å². The molecule has 0 spiro atoms. The van der Waals surface area contributed by atoms with Crippen molar-refractivity contribution >= 4 is 0 Å². The summed E-state index contributed by atoms with van der Waals surface area (Å²) in [6.07, 6.45) is 1.17. The van der Waals surface area contributed by atoms with Gasteiger partial charge in [-0.3, -0.25) is 0 Å². The molecule has 0 aliphatic rings. The number of hydrogen-bond donors (Lipinski definition) is 2. The molecule has 3 nitrogen and oxygen atoms in total. The molecule has 0 aromatic heterocycles. The highest BCUT2D eigenvalue weighted by atomic mass is 16.5. The van der Waals surface area contributed by atoms with Crippen LogP contribution in [0.15, 0.2) is 0 Å². The van der Waals surface area contributed by atoms with Crippen LogP contribution in [0, 0.1) is 0 Å². The van der Waals surface area contributed by atoms with Crippen molar-refractivity contribution in [3.05, 3.63) is 0 Å². The zero-order chi connectivity index (χ0) is 10.2. The molecule has 13 heavy (non-hydrogen) atoms. The Morgan fingerprint density at radius 2 is 1.77 bits per heavy atom. The van der Waals surface area contributed by atoms with Gasteiger partial charge < -0.3 is 15.4 Å². The van der Waals surface area contributed by atoms with E-state index in [1.54, 1.807) is 0 Å². The van der Waals surface area contributed by atoms with Gasteiger partial charge in [-0.15, -0.1) is 0 Å². The molecule has 0 amide bonds. The minimum atomic E-state index is -0.00729. The lowest BCUT2D eigenvalue weighted by Crippen LogP contribution is -2.28. The van der Waals surface area contributed by atoms with Crippen molar-refractivity contribution in [2.24, 2.45) is 0 Å². The first-order valence-electron chi connectivity index (χ1n) is 5.05. The highest BCUT2D eigenvalue weighted by Gasteiger charge is 2.08. The van der Waals surface area contributed by atoms with Crippen molar-refractivity contribution in [1.82, 2.24) is 10.6 Å². The van der Waals surface area contributed by atoms with Crippen LogP contribution in [0.1, 0.15) is 27.2 Å². The average molecular weight is 188 g/mol. The number of ether oxygens (including phenoxy) is 1. The maximum atomic E-state index is 5.56. The molecule has 0 aliphatic carbocycles. The van der Waals surface area contributed by atoms with Crippen LogP contribution in [-0.2, 0) is 4.74 Å². The summed E-state index contributed by atoms with van der Waals surface area (Å²) >= 11 is 0. The number of hydrogen-bond acceptors (Lipinski definition) is 3. The lowest BCUT2D eigenvalue weighted by Gasteiger charge is -2.19. The van der Waals surface area contributed by atoms with Gasteiger partial charge in [0.1, 0.15) is 0 Å². The molecule has 0 bridgehead atoms. The van der Waals surface area contributed by atoms with E-state index < -0.39 is 0 Å². The van der Waals surface area contributed by atoms with E-state index in [1.807, 2.05) is 7.05 Å². The Morgan fingerprint density at radius 1 is 1.08 bits per heavy atom. The van der Waals surface area contributed by atoms with Crippen LogP contribution in [0.2, 0.25) is 0 Å². The first kappa shape index (κ1) is 12.9. The zero-order valence-electron chi connectivity index (χ0n) is 9.44. The minimum absolute atomic E-state index is 0.00729.